The third-order valence-corrected chi connectivity index (χ3v) is 8.31. The van der Waals surface area contributed by atoms with Crippen molar-refractivity contribution in [2.45, 2.75) is 6.92 Å². The predicted molar refractivity (Wildman–Crippen MR) is 161 cm³/mol. The molecule has 6 rings (SSSR count). The summed E-state index contributed by atoms with van der Waals surface area (Å²) in [6, 6.07) is 2.94. The van der Waals surface area contributed by atoms with E-state index in [9.17, 15) is 14.4 Å². The molecule has 4 heterocycles. The van der Waals surface area contributed by atoms with Crippen molar-refractivity contribution in [3.8, 4) is 0 Å². The minimum atomic E-state index is -0.719. The lowest BCUT2D eigenvalue weighted by molar-refractivity contribution is 0.0985. The molecule has 0 bridgehead atoms. The second-order valence-corrected chi connectivity index (χ2v) is 10.3. The van der Waals surface area contributed by atoms with E-state index in [-0.39, 0.29) is 33.7 Å². The molecule has 0 saturated carbocycles. The Hall–Kier alpha value is -4.46. The Morgan fingerprint density at radius 3 is 1.80 bits per heavy atom. The van der Waals surface area contributed by atoms with Gasteiger partial charge in [0.1, 0.15) is 16.4 Å². The fraction of sp³-hybridized carbons (Fsp3) is 0.120. The molecule has 12 nitrogen and oxygen atoms in total. The SMILES string of the molecule is CN1C(=S)c2cc(C(N)=O)nc3c(N)c(Cl)c(N)c1c23.Cc1c(Cl)c(N)c2nc(C(N)=O)cc3c2c1N(C)C3=O. The summed E-state index contributed by atoms with van der Waals surface area (Å²) in [6.45, 7) is 1.79. The number of carbonyl (C=O) groups is 3. The second-order valence-electron chi connectivity index (χ2n) is 9.21. The average molecular weight is 598 g/mol. The van der Waals surface area contributed by atoms with Crippen LogP contribution in [-0.4, -0.2) is 46.8 Å². The van der Waals surface area contributed by atoms with Crippen molar-refractivity contribution in [2.75, 3.05) is 41.1 Å². The number of carbonyl (C=O) groups excluding carboxylic acids is 3. The van der Waals surface area contributed by atoms with Crippen LogP contribution in [0.3, 0.4) is 0 Å². The summed E-state index contributed by atoms with van der Waals surface area (Å²) >= 11 is 17.7. The fourth-order valence-corrected chi connectivity index (χ4v) is 5.58. The summed E-state index contributed by atoms with van der Waals surface area (Å²) in [5.74, 6) is -1.61. The number of primary amides is 2. The third-order valence-electron chi connectivity index (χ3n) is 6.92. The first-order valence-corrected chi connectivity index (χ1v) is 12.6. The molecule has 0 atom stereocenters. The zero-order valence-electron chi connectivity index (χ0n) is 21.2. The van der Waals surface area contributed by atoms with Crippen LogP contribution in [-0.2, 0) is 0 Å². The number of amides is 3. The van der Waals surface area contributed by atoms with Gasteiger partial charge in [0.05, 0.1) is 55.1 Å². The second kappa shape index (κ2) is 9.05. The van der Waals surface area contributed by atoms with Crippen LogP contribution < -0.4 is 38.5 Å². The minimum Gasteiger partial charge on any atom is -0.396 e. The van der Waals surface area contributed by atoms with Crippen LogP contribution in [0.4, 0.5) is 28.4 Å². The van der Waals surface area contributed by atoms with Gasteiger partial charge in [-0.15, -0.1) is 0 Å². The van der Waals surface area contributed by atoms with Gasteiger partial charge in [0.25, 0.3) is 17.7 Å². The number of pyridine rings is 2. The number of halogens is 2. The molecule has 0 spiro atoms. The molecule has 40 heavy (non-hydrogen) atoms. The number of nitrogens with two attached hydrogens (primary N) is 5. The van der Waals surface area contributed by atoms with Crippen LogP contribution in [0, 0.1) is 6.92 Å². The molecular weight excluding hydrogens is 577 g/mol. The van der Waals surface area contributed by atoms with E-state index in [1.807, 2.05) is 0 Å². The molecule has 4 aromatic rings. The molecule has 0 aliphatic carbocycles. The molecule has 2 aliphatic heterocycles. The van der Waals surface area contributed by atoms with E-state index < -0.39 is 11.8 Å². The lowest BCUT2D eigenvalue weighted by Gasteiger charge is -2.16. The van der Waals surface area contributed by atoms with Gasteiger partial charge in [-0.25, -0.2) is 9.97 Å². The van der Waals surface area contributed by atoms with Gasteiger partial charge in [-0.3, -0.25) is 14.4 Å². The smallest absolute Gasteiger partial charge is 0.267 e. The first kappa shape index (κ1) is 27.1. The van der Waals surface area contributed by atoms with E-state index in [0.29, 0.717) is 65.6 Å². The standard InChI is InChI=1S/C13H11ClN4O2.C12H10ClN5OS/c1-4-8(14)9(15)10-7-5(3-6(17-10)12(16)19)13(20)18(2)11(4)7;1-18-10-5-3(12(18)20)2-4(11(16)19)17-9(5)7(14)6(13)8(10)15/h3H,15H2,1-2H3,(H2,16,19);2H,14-15H2,1H3,(H2,16,19). The van der Waals surface area contributed by atoms with Crippen molar-refractivity contribution in [3.63, 3.8) is 0 Å². The molecule has 0 fully saturated rings. The Morgan fingerprint density at radius 2 is 1.27 bits per heavy atom. The lowest BCUT2D eigenvalue weighted by Crippen LogP contribution is -2.22. The van der Waals surface area contributed by atoms with Crippen molar-refractivity contribution in [1.29, 1.82) is 0 Å². The van der Waals surface area contributed by atoms with Gasteiger partial charge in [-0.1, -0.05) is 35.4 Å². The Kier molecular flexibility index (Phi) is 6.13. The van der Waals surface area contributed by atoms with E-state index in [1.54, 1.807) is 32.0 Å². The van der Waals surface area contributed by atoms with Crippen LogP contribution in [0.5, 0.6) is 0 Å². The van der Waals surface area contributed by atoms with E-state index in [2.05, 4.69) is 9.97 Å². The fourth-order valence-electron chi connectivity index (χ4n) is 4.97. The van der Waals surface area contributed by atoms with Crippen molar-refractivity contribution in [1.82, 2.24) is 9.97 Å². The van der Waals surface area contributed by atoms with Crippen LogP contribution in [0.1, 0.15) is 42.5 Å². The number of aromatic nitrogens is 2. The highest BCUT2D eigenvalue weighted by Crippen LogP contribution is 2.48. The lowest BCUT2D eigenvalue weighted by atomic mass is 10.0. The number of hydrogen-bond acceptors (Lipinski definition) is 9. The number of thiocarbonyl (C=S) groups is 1. The molecule has 10 N–H and O–H groups in total. The maximum atomic E-state index is 12.3. The quantitative estimate of drug-likeness (QED) is 0.168. The highest BCUT2D eigenvalue weighted by atomic mass is 35.5. The van der Waals surface area contributed by atoms with Gasteiger partial charge in [-0.2, -0.15) is 0 Å². The van der Waals surface area contributed by atoms with Gasteiger partial charge in [0.2, 0.25) is 0 Å². The summed E-state index contributed by atoms with van der Waals surface area (Å²) in [7, 11) is 3.41. The highest BCUT2D eigenvalue weighted by Gasteiger charge is 2.33. The van der Waals surface area contributed by atoms with Crippen molar-refractivity contribution in [3.05, 3.63) is 50.3 Å². The monoisotopic (exact) mass is 597 g/mol. The summed E-state index contributed by atoms with van der Waals surface area (Å²) in [5.41, 5.74) is 33.1. The van der Waals surface area contributed by atoms with E-state index >= 15 is 0 Å². The van der Waals surface area contributed by atoms with E-state index in [0.717, 1.165) is 0 Å². The molecule has 3 amide bonds. The summed E-state index contributed by atoms with van der Waals surface area (Å²) < 4.78 is 0. The number of hydrogen-bond donors (Lipinski definition) is 5. The largest absolute Gasteiger partial charge is 0.396 e. The number of benzene rings is 2. The van der Waals surface area contributed by atoms with Crippen LogP contribution in [0.2, 0.25) is 10.0 Å². The summed E-state index contributed by atoms with van der Waals surface area (Å²) in [6.07, 6.45) is 0. The van der Waals surface area contributed by atoms with Gasteiger partial charge in [0, 0.05) is 30.4 Å². The average Bonchev–Trinajstić information content (AvgIpc) is 3.33. The van der Waals surface area contributed by atoms with Crippen molar-refractivity contribution in [2.24, 2.45) is 11.5 Å². The third kappa shape index (κ3) is 3.58. The molecular formula is C25H21Cl2N9O3S. The minimum absolute atomic E-state index is 0.00582. The topological polar surface area (TPSA) is 214 Å². The van der Waals surface area contributed by atoms with Crippen LogP contribution >= 0.6 is 35.4 Å². The first-order chi connectivity index (χ1) is 18.7. The van der Waals surface area contributed by atoms with Crippen molar-refractivity contribution >= 4 is 108 Å². The first-order valence-electron chi connectivity index (χ1n) is 11.5. The summed E-state index contributed by atoms with van der Waals surface area (Å²) in [5, 5.41) is 1.84. The van der Waals surface area contributed by atoms with Gasteiger partial charge < -0.3 is 38.5 Å². The molecule has 2 aliphatic rings. The molecule has 204 valence electrons. The van der Waals surface area contributed by atoms with E-state index in [1.165, 1.54) is 11.0 Å². The normalized spacial score (nSPS) is 13.3. The predicted octanol–water partition coefficient (Wildman–Crippen LogP) is 2.74. The Bertz CT molecular complexity index is 1770. The Morgan fingerprint density at radius 1 is 0.800 bits per heavy atom. The summed E-state index contributed by atoms with van der Waals surface area (Å²) in [4.78, 5) is 47.1. The molecule has 0 radical (unpaired) electrons. The molecule has 2 aromatic heterocycles. The maximum absolute atomic E-state index is 12.3. The van der Waals surface area contributed by atoms with Gasteiger partial charge >= 0.3 is 0 Å². The molecule has 15 heteroatoms. The zero-order chi connectivity index (χ0) is 29.5. The molecule has 2 aromatic carbocycles. The Balaban J connectivity index is 0.000000161. The van der Waals surface area contributed by atoms with E-state index in [4.69, 9.17) is 64.1 Å². The number of rotatable bonds is 2. The van der Waals surface area contributed by atoms with Crippen LogP contribution in [0.15, 0.2) is 12.1 Å². The molecule has 0 unspecified atom stereocenters. The highest BCUT2D eigenvalue weighted by molar-refractivity contribution is 7.81. The van der Waals surface area contributed by atoms with Crippen molar-refractivity contribution < 1.29 is 14.4 Å². The number of anilines is 5. The van der Waals surface area contributed by atoms with Gasteiger partial charge in [-0.05, 0) is 24.6 Å². The van der Waals surface area contributed by atoms with Gasteiger partial charge in [0.15, 0.2) is 0 Å². The zero-order valence-corrected chi connectivity index (χ0v) is 23.5. The number of nitrogens with zero attached hydrogens (tertiary/aromatic N) is 4. The van der Waals surface area contributed by atoms with Crippen LogP contribution in [0.25, 0.3) is 21.8 Å². The molecule has 0 saturated heterocycles. The Labute approximate surface area is 242 Å². The number of nitrogen functional groups attached to an aromatic ring is 3. The maximum Gasteiger partial charge on any atom is 0.267 e.